The van der Waals surface area contributed by atoms with Gasteiger partial charge in [0.05, 0.1) is 6.04 Å². The fourth-order valence-electron chi connectivity index (χ4n) is 2.63. The highest BCUT2D eigenvalue weighted by atomic mass is 16.7. The number of furan rings is 1. The Labute approximate surface area is 143 Å². The van der Waals surface area contributed by atoms with Gasteiger partial charge in [-0.3, -0.25) is 4.79 Å². The summed E-state index contributed by atoms with van der Waals surface area (Å²) in [5, 5.41) is 11.7. The van der Waals surface area contributed by atoms with Crippen molar-refractivity contribution in [3.63, 3.8) is 0 Å². The molecule has 2 aromatic carbocycles. The van der Waals surface area contributed by atoms with Crippen molar-refractivity contribution in [3.8, 4) is 0 Å². The van der Waals surface area contributed by atoms with Crippen LogP contribution in [-0.2, 0) is 4.79 Å². The molecule has 0 aliphatic rings. The van der Waals surface area contributed by atoms with Crippen LogP contribution in [0.2, 0.25) is 0 Å². The normalized spacial score (nSPS) is 12.4. The van der Waals surface area contributed by atoms with Crippen LogP contribution < -0.4 is 10.2 Å². The van der Waals surface area contributed by atoms with Crippen LogP contribution in [0.4, 0.5) is 0 Å². The number of fused-ring (bicyclic) bond motifs is 2. The van der Waals surface area contributed by atoms with E-state index < -0.39 is 0 Å². The molecule has 1 amide bonds. The maximum absolute atomic E-state index is 12.1. The number of hydrogen-bond acceptors (Lipinski definition) is 5. The highest BCUT2D eigenvalue weighted by Gasteiger charge is 2.15. The van der Waals surface area contributed by atoms with Gasteiger partial charge in [0.1, 0.15) is 22.4 Å². The van der Waals surface area contributed by atoms with Crippen LogP contribution in [0, 0.1) is 0 Å². The number of aromatic nitrogens is 3. The molecule has 7 nitrogen and oxygen atoms in total. The van der Waals surface area contributed by atoms with E-state index >= 15 is 0 Å². The first kappa shape index (κ1) is 15.2. The van der Waals surface area contributed by atoms with E-state index in [0.29, 0.717) is 16.8 Å². The summed E-state index contributed by atoms with van der Waals surface area (Å²) in [7, 11) is 0. The first-order valence-corrected chi connectivity index (χ1v) is 7.92. The van der Waals surface area contributed by atoms with Crippen LogP contribution in [0.1, 0.15) is 18.7 Å². The average Bonchev–Trinajstić information content (AvgIpc) is 3.24. The van der Waals surface area contributed by atoms with Crippen molar-refractivity contribution in [1.29, 1.82) is 0 Å². The lowest BCUT2D eigenvalue weighted by molar-refractivity contribution is -0.127. The summed E-state index contributed by atoms with van der Waals surface area (Å²) in [5.41, 5.74) is 2.21. The van der Waals surface area contributed by atoms with Crippen LogP contribution in [0.3, 0.4) is 0 Å². The van der Waals surface area contributed by atoms with Gasteiger partial charge < -0.3 is 14.6 Å². The summed E-state index contributed by atoms with van der Waals surface area (Å²) in [6.45, 7) is 1.69. The fourth-order valence-corrected chi connectivity index (χ4v) is 2.63. The monoisotopic (exact) mass is 336 g/mol. The number of hydrogen-bond donors (Lipinski definition) is 1. The van der Waals surface area contributed by atoms with Gasteiger partial charge in [-0.25, -0.2) is 0 Å². The second-order valence-electron chi connectivity index (χ2n) is 5.70. The zero-order valence-electron chi connectivity index (χ0n) is 13.5. The van der Waals surface area contributed by atoms with Crippen molar-refractivity contribution >= 4 is 27.9 Å². The van der Waals surface area contributed by atoms with E-state index in [1.165, 1.54) is 4.85 Å². The summed E-state index contributed by atoms with van der Waals surface area (Å²) >= 11 is 0. The van der Waals surface area contributed by atoms with Gasteiger partial charge in [0.2, 0.25) is 0 Å². The Balaban J connectivity index is 1.39. The molecule has 0 radical (unpaired) electrons. The molecule has 4 rings (SSSR count). The van der Waals surface area contributed by atoms with Crippen molar-refractivity contribution in [1.82, 2.24) is 20.5 Å². The molecule has 7 heteroatoms. The van der Waals surface area contributed by atoms with E-state index in [1.807, 2.05) is 61.5 Å². The average molecular weight is 336 g/mol. The van der Waals surface area contributed by atoms with Crippen molar-refractivity contribution < 1.29 is 14.0 Å². The number of benzene rings is 2. The lowest BCUT2D eigenvalue weighted by atomic mass is 10.2. The van der Waals surface area contributed by atoms with Crippen molar-refractivity contribution in [2.75, 3.05) is 6.61 Å². The number of para-hydroxylation sites is 2. The van der Waals surface area contributed by atoms with Crippen LogP contribution >= 0.6 is 0 Å². The Morgan fingerprint density at radius 3 is 2.92 bits per heavy atom. The molecule has 4 aromatic rings. The molecule has 25 heavy (non-hydrogen) atoms. The topological polar surface area (TPSA) is 82.2 Å². The molecule has 0 saturated carbocycles. The van der Waals surface area contributed by atoms with E-state index in [2.05, 4.69) is 15.6 Å². The highest BCUT2D eigenvalue weighted by Crippen LogP contribution is 2.23. The molecule has 1 atom stereocenters. The molecule has 0 fully saturated rings. The van der Waals surface area contributed by atoms with Crippen LogP contribution in [0.5, 0.6) is 0 Å². The van der Waals surface area contributed by atoms with Gasteiger partial charge in [-0.15, -0.1) is 5.10 Å². The molecular weight excluding hydrogens is 320 g/mol. The van der Waals surface area contributed by atoms with Gasteiger partial charge in [0.25, 0.3) is 5.91 Å². The Morgan fingerprint density at radius 1 is 1.24 bits per heavy atom. The zero-order valence-corrected chi connectivity index (χ0v) is 13.5. The predicted octanol–water partition coefficient (Wildman–Crippen LogP) is 2.48. The molecule has 0 aliphatic heterocycles. The molecule has 0 bridgehead atoms. The lowest BCUT2D eigenvalue weighted by Crippen LogP contribution is -2.33. The third kappa shape index (κ3) is 3.03. The molecular formula is C18H16N4O3. The van der Waals surface area contributed by atoms with Gasteiger partial charge in [-0.05, 0) is 36.4 Å². The number of carbonyl (C=O) groups excluding carboxylic acids is 1. The van der Waals surface area contributed by atoms with Gasteiger partial charge in [0.15, 0.2) is 6.61 Å². The SMILES string of the molecule is C[C@H](NC(=O)COn1nnc2ccccc21)c1cc2ccccc2o1. The number of rotatable bonds is 5. The summed E-state index contributed by atoms with van der Waals surface area (Å²) in [6, 6.07) is 16.7. The lowest BCUT2D eigenvalue weighted by Gasteiger charge is -2.11. The van der Waals surface area contributed by atoms with Gasteiger partial charge in [0, 0.05) is 5.39 Å². The summed E-state index contributed by atoms with van der Waals surface area (Å²) in [4.78, 5) is 18.8. The zero-order chi connectivity index (χ0) is 17.2. The Hall–Kier alpha value is -3.35. The Kier molecular flexibility index (Phi) is 3.81. The largest absolute Gasteiger partial charge is 0.459 e. The quantitative estimate of drug-likeness (QED) is 0.605. The molecule has 2 heterocycles. The first-order chi connectivity index (χ1) is 12.2. The van der Waals surface area contributed by atoms with Crippen molar-refractivity contribution in [3.05, 3.63) is 60.4 Å². The fraction of sp³-hybridized carbons (Fsp3) is 0.167. The van der Waals surface area contributed by atoms with Gasteiger partial charge in [-0.2, -0.15) is 0 Å². The van der Waals surface area contributed by atoms with E-state index in [-0.39, 0.29) is 18.6 Å². The van der Waals surface area contributed by atoms with E-state index in [9.17, 15) is 4.79 Å². The molecule has 0 aliphatic carbocycles. The summed E-state index contributed by atoms with van der Waals surface area (Å²) in [6.07, 6.45) is 0. The van der Waals surface area contributed by atoms with E-state index in [1.54, 1.807) is 0 Å². The number of amides is 1. The molecule has 1 N–H and O–H groups in total. The number of nitrogens with one attached hydrogen (secondary N) is 1. The third-order valence-corrected chi connectivity index (χ3v) is 3.89. The Morgan fingerprint density at radius 2 is 2.04 bits per heavy atom. The van der Waals surface area contributed by atoms with E-state index in [4.69, 9.17) is 9.25 Å². The van der Waals surface area contributed by atoms with Crippen LogP contribution in [0.15, 0.2) is 59.0 Å². The number of nitrogens with zero attached hydrogens (tertiary/aromatic N) is 3. The molecule has 0 saturated heterocycles. The summed E-state index contributed by atoms with van der Waals surface area (Å²) < 4.78 is 5.76. The maximum atomic E-state index is 12.1. The second kappa shape index (κ2) is 6.27. The molecule has 126 valence electrons. The third-order valence-electron chi connectivity index (χ3n) is 3.89. The standard InChI is InChI=1S/C18H16N4O3/c1-12(17-10-13-6-2-5-9-16(13)25-17)19-18(23)11-24-22-15-8-4-3-7-14(15)20-21-22/h2-10,12H,11H2,1H3,(H,19,23)/t12-/m0/s1. The second-order valence-corrected chi connectivity index (χ2v) is 5.70. The smallest absolute Gasteiger partial charge is 0.261 e. The molecule has 2 aromatic heterocycles. The predicted molar refractivity (Wildman–Crippen MR) is 91.7 cm³/mol. The van der Waals surface area contributed by atoms with Gasteiger partial charge in [-0.1, -0.05) is 35.2 Å². The Bertz CT molecular complexity index is 1000. The van der Waals surface area contributed by atoms with Gasteiger partial charge >= 0.3 is 0 Å². The van der Waals surface area contributed by atoms with Crippen LogP contribution in [0.25, 0.3) is 22.0 Å². The van der Waals surface area contributed by atoms with Crippen molar-refractivity contribution in [2.24, 2.45) is 0 Å². The highest BCUT2D eigenvalue weighted by molar-refractivity contribution is 5.80. The maximum Gasteiger partial charge on any atom is 0.261 e. The molecule has 0 spiro atoms. The summed E-state index contributed by atoms with van der Waals surface area (Å²) in [5.74, 6) is 0.424. The number of carbonyl (C=O) groups is 1. The van der Waals surface area contributed by atoms with Crippen molar-refractivity contribution in [2.45, 2.75) is 13.0 Å². The first-order valence-electron chi connectivity index (χ1n) is 7.92. The molecule has 0 unspecified atom stereocenters. The minimum atomic E-state index is -0.271. The van der Waals surface area contributed by atoms with Crippen LogP contribution in [-0.4, -0.2) is 27.7 Å². The minimum absolute atomic E-state index is 0.169. The van der Waals surface area contributed by atoms with E-state index in [0.717, 1.165) is 11.0 Å². The minimum Gasteiger partial charge on any atom is -0.459 e.